The van der Waals surface area contributed by atoms with Crippen molar-refractivity contribution in [3.63, 3.8) is 0 Å². The Kier molecular flexibility index (Phi) is 4.27. The first-order chi connectivity index (χ1) is 11.1. The lowest BCUT2D eigenvalue weighted by molar-refractivity contribution is 0.0489. The standard InChI is InChI=1S/C16H21N5O2/c1-11(2)21(13-5-4-6-13)16(22)12-7-8-15(23-3)14(9-12)20-10-17-18-19-20/h7-11,13H,4-6H2,1-3H3. The smallest absolute Gasteiger partial charge is 0.254 e. The third kappa shape index (κ3) is 2.91. The van der Waals surface area contributed by atoms with Gasteiger partial charge in [0.05, 0.1) is 7.11 Å². The minimum atomic E-state index is 0.0432. The van der Waals surface area contributed by atoms with Gasteiger partial charge in [-0.05, 0) is 61.7 Å². The molecule has 0 aliphatic heterocycles. The fraction of sp³-hybridized carbons (Fsp3) is 0.500. The number of carbonyl (C=O) groups excluding carboxylic acids is 1. The number of methoxy groups -OCH3 is 1. The van der Waals surface area contributed by atoms with Crippen molar-refractivity contribution in [1.29, 1.82) is 0 Å². The monoisotopic (exact) mass is 315 g/mol. The molecule has 1 aliphatic rings. The van der Waals surface area contributed by atoms with E-state index in [4.69, 9.17) is 4.74 Å². The molecule has 0 spiro atoms. The molecule has 3 rings (SSSR count). The summed E-state index contributed by atoms with van der Waals surface area (Å²) in [4.78, 5) is 14.9. The number of hydrogen-bond acceptors (Lipinski definition) is 5. The fourth-order valence-corrected chi connectivity index (χ4v) is 2.91. The summed E-state index contributed by atoms with van der Waals surface area (Å²) in [5.41, 5.74) is 1.28. The molecule has 0 N–H and O–H groups in total. The molecular weight excluding hydrogens is 294 g/mol. The quantitative estimate of drug-likeness (QED) is 0.844. The molecule has 0 saturated heterocycles. The molecule has 1 amide bonds. The van der Waals surface area contributed by atoms with E-state index in [1.165, 1.54) is 17.4 Å². The lowest BCUT2D eigenvalue weighted by atomic mass is 9.90. The SMILES string of the molecule is COc1ccc(C(=O)N(C(C)C)C2CCC2)cc1-n1cnnn1. The first-order valence-corrected chi connectivity index (χ1v) is 7.86. The molecule has 0 radical (unpaired) electrons. The predicted octanol–water partition coefficient (Wildman–Crippen LogP) is 2.07. The van der Waals surface area contributed by atoms with E-state index in [9.17, 15) is 4.79 Å². The van der Waals surface area contributed by atoms with Crippen LogP contribution >= 0.6 is 0 Å². The van der Waals surface area contributed by atoms with E-state index in [2.05, 4.69) is 29.4 Å². The van der Waals surface area contributed by atoms with Gasteiger partial charge in [-0.2, -0.15) is 4.68 Å². The van der Waals surface area contributed by atoms with E-state index in [1.807, 2.05) is 4.90 Å². The van der Waals surface area contributed by atoms with Crippen LogP contribution in [0, 0.1) is 0 Å². The Hall–Kier alpha value is -2.44. The molecule has 1 fully saturated rings. The van der Waals surface area contributed by atoms with E-state index < -0.39 is 0 Å². The van der Waals surface area contributed by atoms with Gasteiger partial charge >= 0.3 is 0 Å². The summed E-state index contributed by atoms with van der Waals surface area (Å²) in [6, 6.07) is 5.88. The zero-order valence-electron chi connectivity index (χ0n) is 13.6. The van der Waals surface area contributed by atoms with Crippen molar-refractivity contribution in [2.75, 3.05) is 7.11 Å². The second-order valence-corrected chi connectivity index (χ2v) is 6.03. The van der Waals surface area contributed by atoms with E-state index in [1.54, 1.807) is 25.3 Å². The molecule has 1 saturated carbocycles. The van der Waals surface area contributed by atoms with Gasteiger partial charge in [-0.15, -0.1) is 5.10 Å². The predicted molar refractivity (Wildman–Crippen MR) is 84.7 cm³/mol. The number of aromatic nitrogens is 4. The summed E-state index contributed by atoms with van der Waals surface area (Å²) >= 11 is 0. The van der Waals surface area contributed by atoms with Gasteiger partial charge in [-0.3, -0.25) is 4.79 Å². The van der Waals surface area contributed by atoms with E-state index >= 15 is 0 Å². The maximum absolute atomic E-state index is 13.0. The third-order valence-corrected chi connectivity index (χ3v) is 4.28. The Labute approximate surface area is 135 Å². The average Bonchev–Trinajstić information content (AvgIpc) is 3.03. The summed E-state index contributed by atoms with van der Waals surface area (Å²) in [5.74, 6) is 0.662. The van der Waals surface area contributed by atoms with Crippen molar-refractivity contribution in [2.24, 2.45) is 0 Å². The largest absolute Gasteiger partial charge is 0.494 e. The molecule has 1 heterocycles. The molecular formula is C16H21N5O2. The topological polar surface area (TPSA) is 73.1 Å². The maximum Gasteiger partial charge on any atom is 0.254 e. The molecule has 7 heteroatoms. The first-order valence-electron chi connectivity index (χ1n) is 7.86. The van der Waals surface area contributed by atoms with Crippen molar-refractivity contribution >= 4 is 5.91 Å². The number of nitrogens with zero attached hydrogens (tertiary/aromatic N) is 5. The van der Waals surface area contributed by atoms with Gasteiger partial charge in [0.25, 0.3) is 5.91 Å². The number of hydrogen-bond donors (Lipinski definition) is 0. The molecule has 1 aromatic heterocycles. The first kappa shape index (κ1) is 15.5. The number of tetrazole rings is 1. The minimum absolute atomic E-state index is 0.0432. The molecule has 7 nitrogen and oxygen atoms in total. The van der Waals surface area contributed by atoms with Crippen molar-refractivity contribution in [3.8, 4) is 11.4 Å². The van der Waals surface area contributed by atoms with Gasteiger partial charge in [0.15, 0.2) is 0 Å². The molecule has 1 aliphatic carbocycles. The van der Waals surface area contributed by atoms with Crippen molar-refractivity contribution in [1.82, 2.24) is 25.1 Å². The summed E-state index contributed by atoms with van der Waals surface area (Å²) in [6.45, 7) is 4.12. The average molecular weight is 315 g/mol. The number of amides is 1. The molecule has 0 bridgehead atoms. The maximum atomic E-state index is 13.0. The minimum Gasteiger partial charge on any atom is -0.494 e. The molecule has 23 heavy (non-hydrogen) atoms. The van der Waals surface area contributed by atoms with Crippen LogP contribution in [0.1, 0.15) is 43.5 Å². The van der Waals surface area contributed by atoms with Crippen molar-refractivity contribution < 1.29 is 9.53 Å². The highest BCUT2D eigenvalue weighted by Crippen LogP contribution is 2.29. The second kappa shape index (κ2) is 6.36. The number of benzene rings is 1. The number of rotatable bonds is 5. The van der Waals surface area contributed by atoms with Crippen LogP contribution in [0.4, 0.5) is 0 Å². The van der Waals surface area contributed by atoms with Gasteiger partial charge in [0.1, 0.15) is 17.8 Å². The zero-order valence-corrected chi connectivity index (χ0v) is 13.6. The van der Waals surface area contributed by atoms with Crippen molar-refractivity contribution in [3.05, 3.63) is 30.1 Å². The summed E-state index contributed by atoms with van der Waals surface area (Å²) < 4.78 is 6.85. The Bertz CT molecular complexity index is 680. The van der Waals surface area contributed by atoms with Crippen LogP contribution in [-0.4, -0.2) is 50.2 Å². The highest BCUT2D eigenvalue weighted by Gasteiger charge is 2.31. The Morgan fingerprint density at radius 3 is 2.70 bits per heavy atom. The van der Waals surface area contributed by atoms with Crippen LogP contribution in [0.3, 0.4) is 0 Å². The van der Waals surface area contributed by atoms with Gasteiger partial charge < -0.3 is 9.64 Å². The van der Waals surface area contributed by atoms with E-state index in [0.717, 1.165) is 12.8 Å². The Balaban J connectivity index is 1.96. The van der Waals surface area contributed by atoms with Crippen LogP contribution in [0.2, 0.25) is 0 Å². The molecule has 0 atom stereocenters. The van der Waals surface area contributed by atoms with Crippen LogP contribution in [0.25, 0.3) is 5.69 Å². The van der Waals surface area contributed by atoms with Gasteiger partial charge in [0, 0.05) is 17.6 Å². The molecule has 2 aromatic rings. The zero-order chi connectivity index (χ0) is 16.4. The Morgan fingerprint density at radius 1 is 1.39 bits per heavy atom. The highest BCUT2D eigenvalue weighted by molar-refractivity contribution is 5.95. The molecule has 1 aromatic carbocycles. The Morgan fingerprint density at radius 2 is 2.17 bits per heavy atom. The highest BCUT2D eigenvalue weighted by atomic mass is 16.5. The lowest BCUT2D eigenvalue weighted by Crippen LogP contribution is -2.48. The second-order valence-electron chi connectivity index (χ2n) is 6.03. The van der Waals surface area contributed by atoms with Crippen LogP contribution in [0.5, 0.6) is 5.75 Å². The molecule has 0 unspecified atom stereocenters. The normalized spacial score (nSPS) is 14.6. The summed E-state index contributed by atoms with van der Waals surface area (Å²) in [5, 5.41) is 11.2. The van der Waals surface area contributed by atoms with Gasteiger partial charge in [-0.1, -0.05) is 0 Å². The summed E-state index contributed by atoms with van der Waals surface area (Å²) in [7, 11) is 1.58. The lowest BCUT2D eigenvalue weighted by Gasteiger charge is -2.40. The molecule has 122 valence electrons. The third-order valence-electron chi connectivity index (χ3n) is 4.28. The van der Waals surface area contributed by atoms with Gasteiger partial charge in [-0.25, -0.2) is 0 Å². The number of carbonyl (C=O) groups is 1. The fourth-order valence-electron chi connectivity index (χ4n) is 2.91. The van der Waals surface area contributed by atoms with Crippen molar-refractivity contribution in [2.45, 2.75) is 45.2 Å². The van der Waals surface area contributed by atoms with Crippen LogP contribution in [0.15, 0.2) is 24.5 Å². The van der Waals surface area contributed by atoms with E-state index in [-0.39, 0.29) is 11.9 Å². The summed E-state index contributed by atoms with van der Waals surface area (Å²) in [6.07, 6.45) is 4.85. The van der Waals surface area contributed by atoms with Gasteiger partial charge in [0.2, 0.25) is 0 Å². The number of ether oxygens (including phenoxy) is 1. The van der Waals surface area contributed by atoms with Crippen LogP contribution in [-0.2, 0) is 0 Å². The van der Waals surface area contributed by atoms with Crippen LogP contribution < -0.4 is 4.74 Å². The van der Waals surface area contributed by atoms with E-state index in [0.29, 0.717) is 23.0 Å².